The predicted molar refractivity (Wildman–Crippen MR) is 42.8 cm³/mol. The normalized spacial score (nSPS) is 20.9. The maximum atomic E-state index is 11.2. The molecule has 0 aromatic heterocycles. The van der Waals surface area contributed by atoms with Crippen molar-refractivity contribution in [1.29, 1.82) is 0 Å². The van der Waals surface area contributed by atoms with Gasteiger partial charge in [-0.25, -0.2) is 0 Å². The molecular weight excluding hydrogens is 140 g/mol. The number of allylic oxidation sites excluding steroid dienone is 4. The third-order valence-electron chi connectivity index (χ3n) is 1.61. The molecule has 1 aliphatic carbocycles. The van der Waals surface area contributed by atoms with E-state index in [0.29, 0.717) is 12.1 Å². The van der Waals surface area contributed by atoms with Crippen LogP contribution in [0.5, 0.6) is 0 Å². The molecule has 0 fully saturated rings. The smallest absolute Gasteiger partial charge is 0.187 e. The van der Waals surface area contributed by atoms with Crippen LogP contribution in [0.1, 0.15) is 6.42 Å². The van der Waals surface area contributed by atoms with Crippen LogP contribution in [-0.4, -0.2) is 17.7 Å². The number of hydrogen-bond acceptors (Lipinski definition) is 3. The highest BCUT2D eigenvalue weighted by molar-refractivity contribution is 6.52. The first-order valence-corrected chi connectivity index (χ1v) is 3.39. The third kappa shape index (κ3) is 0.941. The van der Waals surface area contributed by atoms with Gasteiger partial charge in [-0.15, -0.1) is 5.10 Å². The fourth-order valence-corrected chi connectivity index (χ4v) is 1.05. The van der Waals surface area contributed by atoms with E-state index in [9.17, 15) is 4.79 Å². The third-order valence-corrected chi connectivity index (χ3v) is 1.61. The number of hydrogen-bond donors (Lipinski definition) is 0. The molecule has 0 atom stereocenters. The van der Waals surface area contributed by atoms with E-state index in [1.54, 1.807) is 6.21 Å². The van der Waals surface area contributed by atoms with Crippen molar-refractivity contribution in [2.24, 2.45) is 10.2 Å². The van der Waals surface area contributed by atoms with E-state index >= 15 is 0 Å². The van der Waals surface area contributed by atoms with Crippen LogP contribution in [0.25, 0.3) is 0 Å². The molecule has 0 radical (unpaired) electrons. The fourth-order valence-electron chi connectivity index (χ4n) is 1.05. The zero-order valence-electron chi connectivity index (χ0n) is 5.82. The molecule has 2 aliphatic rings. The first kappa shape index (κ1) is 6.22. The summed E-state index contributed by atoms with van der Waals surface area (Å²) in [6, 6.07) is 0. The van der Waals surface area contributed by atoms with E-state index in [0.717, 1.165) is 5.57 Å². The number of fused-ring (bicyclic) bond motifs is 1. The molecule has 2 rings (SSSR count). The van der Waals surface area contributed by atoms with Crippen LogP contribution in [0.2, 0.25) is 0 Å². The van der Waals surface area contributed by atoms with E-state index in [1.807, 2.05) is 18.2 Å². The summed E-state index contributed by atoms with van der Waals surface area (Å²) in [5, 5.41) is 7.39. The molecule has 1 heterocycles. The predicted octanol–water partition coefficient (Wildman–Crippen LogP) is 0.882. The van der Waals surface area contributed by atoms with E-state index in [2.05, 4.69) is 10.2 Å². The Kier molecular flexibility index (Phi) is 1.28. The molecule has 1 aliphatic heterocycles. The Bertz CT molecular complexity index is 321. The molecule has 11 heavy (non-hydrogen) atoms. The minimum atomic E-state index is 0.0440. The fraction of sp³-hybridized carbons (Fsp3) is 0.125. The minimum Gasteiger partial charge on any atom is -0.292 e. The lowest BCUT2D eigenvalue weighted by Crippen LogP contribution is -2.12. The van der Waals surface area contributed by atoms with Crippen molar-refractivity contribution in [3.05, 3.63) is 23.8 Å². The van der Waals surface area contributed by atoms with E-state index in [1.165, 1.54) is 0 Å². The van der Waals surface area contributed by atoms with Gasteiger partial charge in [-0.2, -0.15) is 5.10 Å². The van der Waals surface area contributed by atoms with Gasteiger partial charge in [0.2, 0.25) is 0 Å². The Morgan fingerprint density at radius 2 is 2.36 bits per heavy atom. The van der Waals surface area contributed by atoms with Crippen LogP contribution in [0.3, 0.4) is 0 Å². The van der Waals surface area contributed by atoms with Gasteiger partial charge in [0.15, 0.2) is 5.78 Å². The monoisotopic (exact) mass is 146 g/mol. The molecule has 0 spiro atoms. The second-order valence-electron chi connectivity index (χ2n) is 2.37. The summed E-state index contributed by atoms with van der Waals surface area (Å²) in [4.78, 5) is 11.2. The van der Waals surface area contributed by atoms with Gasteiger partial charge in [-0.05, 0) is 0 Å². The van der Waals surface area contributed by atoms with Crippen LogP contribution < -0.4 is 0 Å². The second-order valence-corrected chi connectivity index (χ2v) is 2.37. The SMILES string of the molecule is O=C1CC=CC=C2C=NN=C12. The standard InChI is InChI=1S/C8H6N2O/c11-7-4-2-1-3-6-5-9-10-8(6)7/h1-3,5H,4H2. The second kappa shape index (κ2) is 2.27. The highest BCUT2D eigenvalue weighted by Crippen LogP contribution is 2.10. The Morgan fingerprint density at radius 1 is 1.45 bits per heavy atom. The van der Waals surface area contributed by atoms with Gasteiger partial charge in [-0.3, -0.25) is 4.79 Å². The molecule has 0 amide bonds. The Hall–Kier alpha value is -1.51. The quantitative estimate of drug-likeness (QED) is 0.500. The van der Waals surface area contributed by atoms with E-state index < -0.39 is 0 Å². The Morgan fingerprint density at radius 3 is 3.27 bits per heavy atom. The summed E-state index contributed by atoms with van der Waals surface area (Å²) < 4.78 is 0. The first-order valence-electron chi connectivity index (χ1n) is 3.39. The van der Waals surface area contributed by atoms with Gasteiger partial charge >= 0.3 is 0 Å². The van der Waals surface area contributed by atoms with Crippen molar-refractivity contribution in [2.45, 2.75) is 6.42 Å². The topological polar surface area (TPSA) is 41.8 Å². The highest BCUT2D eigenvalue weighted by atomic mass is 16.1. The molecule has 0 aromatic rings. The summed E-state index contributed by atoms with van der Waals surface area (Å²) in [7, 11) is 0. The maximum Gasteiger partial charge on any atom is 0.187 e. The van der Waals surface area contributed by atoms with Crippen molar-refractivity contribution in [3.63, 3.8) is 0 Å². The molecule has 54 valence electrons. The first-order chi connectivity index (χ1) is 5.38. The van der Waals surface area contributed by atoms with Crippen LogP contribution in [0, 0.1) is 0 Å². The summed E-state index contributed by atoms with van der Waals surface area (Å²) in [6.45, 7) is 0. The van der Waals surface area contributed by atoms with Crippen molar-refractivity contribution >= 4 is 17.7 Å². The summed E-state index contributed by atoms with van der Waals surface area (Å²) in [6.07, 6.45) is 7.56. The molecule has 0 bridgehead atoms. The van der Waals surface area contributed by atoms with Gasteiger partial charge in [0.25, 0.3) is 0 Å². The van der Waals surface area contributed by atoms with Gasteiger partial charge < -0.3 is 0 Å². The zero-order valence-corrected chi connectivity index (χ0v) is 5.82. The summed E-state index contributed by atoms with van der Waals surface area (Å²) in [5.41, 5.74) is 1.32. The van der Waals surface area contributed by atoms with Crippen molar-refractivity contribution in [2.75, 3.05) is 0 Å². The van der Waals surface area contributed by atoms with Gasteiger partial charge in [-0.1, -0.05) is 18.2 Å². The molecular formula is C8H6N2O. The Balaban J connectivity index is 2.47. The van der Waals surface area contributed by atoms with E-state index in [-0.39, 0.29) is 5.78 Å². The van der Waals surface area contributed by atoms with Crippen LogP contribution in [0.15, 0.2) is 34.0 Å². The molecule has 3 nitrogen and oxygen atoms in total. The van der Waals surface area contributed by atoms with Gasteiger partial charge in [0.1, 0.15) is 5.71 Å². The molecule has 0 saturated heterocycles. The van der Waals surface area contributed by atoms with Crippen molar-refractivity contribution in [3.8, 4) is 0 Å². The highest BCUT2D eigenvalue weighted by Gasteiger charge is 2.18. The summed E-state index contributed by atoms with van der Waals surface area (Å²) in [5.74, 6) is 0.0440. The van der Waals surface area contributed by atoms with Crippen molar-refractivity contribution in [1.82, 2.24) is 0 Å². The molecule has 0 N–H and O–H groups in total. The molecule has 0 aromatic carbocycles. The number of Topliss-reactive ketones (excluding diaryl/α,β-unsaturated/α-hetero) is 1. The lowest BCUT2D eigenvalue weighted by atomic mass is 10.1. The number of nitrogens with zero attached hydrogens (tertiary/aromatic N) is 2. The van der Waals surface area contributed by atoms with Crippen molar-refractivity contribution < 1.29 is 4.79 Å². The van der Waals surface area contributed by atoms with E-state index in [4.69, 9.17) is 0 Å². The summed E-state index contributed by atoms with van der Waals surface area (Å²) >= 11 is 0. The van der Waals surface area contributed by atoms with Crippen LogP contribution in [-0.2, 0) is 4.79 Å². The Labute approximate surface area is 63.8 Å². The number of carbonyl (C=O) groups is 1. The van der Waals surface area contributed by atoms with Gasteiger partial charge in [0.05, 0.1) is 6.21 Å². The zero-order chi connectivity index (χ0) is 7.68. The molecule has 0 saturated carbocycles. The van der Waals surface area contributed by atoms with Gasteiger partial charge in [0, 0.05) is 12.0 Å². The lowest BCUT2D eigenvalue weighted by Gasteiger charge is -1.92. The van der Waals surface area contributed by atoms with Crippen LogP contribution >= 0.6 is 0 Å². The number of rotatable bonds is 0. The molecule has 3 heteroatoms. The largest absolute Gasteiger partial charge is 0.292 e. The minimum absolute atomic E-state index is 0.0440. The average Bonchev–Trinajstić information content (AvgIpc) is 2.40. The average molecular weight is 146 g/mol. The lowest BCUT2D eigenvalue weighted by molar-refractivity contribution is -0.112. The number of ketones is 1. The van der Waals surface area contributed by atoms with Crippen LogP contribution in [0.4, 0.5) is 0 Å². The maximum absolute atomic E-state index is 11.2. The molecule has 0 unspecified atom stereocenters. The number of carbonyl (C=O) groups excluding carboxylic acids is 1.